The van der Waals surface area contributed by atoms with Gasteiger partial charge in [-0.05, 0) is 32.9 Å². The summed E-state index contributed by atoms with van der Waals surface area (Å²) >= 11 is 0. The van der Waals surface area contributed by atoms with Crippen molar-refractivity contribution in [1.82, 2.24) is 5.32 Å². The molecule has 1 aromatic rings. The molecule has 0 saturated carbocycles. The molecule has 17 heavy (non-hydrogen) atoms. The predicted molar refractivity (Wildman–Crippen MR) is 71.9 cm³/mol. The van der Waals surface area contributed by atoms with Gasteiger partial charge >= 0.3 is 0 Å². The average Bonchev–Trinajstić information content (AvgIpc) is 2.25. The van der Waals surface area contributed by atoms with Gasteiger partial charge in [0.15, 0.2) is 9.84 Å². The normalized spacial score (nSPS) is 14.6. The second-order valence-electron chi connectivity index (χ2n) is 4.91. The lowest BCUT2D eigenvalue weighted by Gasteiger charge is -2.32. The maximum absolute atomic E-state index is 11.8. The largest absolute Gasteiger partial charge is 0.315 e. The van der Waals surface area contributed by atoms with Crippen LogP contribution in [0.2, 0.25) is 0 Å². The summed E-state index contributed by atoms with van der Waals surface area (Å²) in [5, 5.41) is 3.12. The number of sulfone groups is 1. The molecule has 0 fully saturated rings. The van der Waals surface area contributed by atoms with E-state index in [9.17, 15) is 8.42 Å². The van der Waals surface area contributed by atoms with Crippen molar-refractivity contribution in [2.45, 2.75) is 31.1 Å². The van der Waals surface area contributed by atoms with Crippen LogP contribution in [-0.4, -0.2) is 32.5 Å². The standard InChI is InChI=1S/C13H21NO2S/c1-13(2,17(4,15)16)12(14-3)10-11-8-6-5-7-9-11/h5-9,12,14H,10H2,1-4H3. The van der Waals surface area contributed by atoms with E-state index in [1.54, 1.807) is 20.9 Å². The van der Waals surface area contributed by atoms with Gasteiger partial charge in [-0.1, -0.05) is 30.3 Å². The second kappa shape index (κ2) is 5.19. The lowest BCUT2D eigenvalue weighted by Crippen LogP contribution is -2.51. The third-order valence-electron chi connectivity index (χ3n) is 3.43. The van der Waals surface area contributed by atoms with Crippen LogP contribution in [0.1, 0.15) is 19.4 Å². The van der Waals surface area contributed by atoms with Gasteiger partial charge in [0.1, 0.15) is 0 Å². The first-order valence-corrected chi connectivity index (χ1v) is 7.59. The highest BCUT2D eigenvalue weighted by atomic mass is 32.2. The molecule has 1 rings (SSSR count). The number of hydrogen-bond donors (Lipinski definition) is 1. The topological polar surface area (TPSA) is 46.2 Å². The van der Waals surface area contributed by atoms with E-state index in [1.165, 1.54) is 6.26 Å². The van der Waals surface area contributed by atoms with Crippen molar-refractivity contribution >= 4 is 9.84 Å². The molecule has 3 nitrogen and oxygen atoms in total. The maximum atomic E-state index is 11.8. The molecule has 0 radical (unpaired) electrons. The van der Waals surface area contributed by atoms with E-state index in [-0.39, 0.29) is 6.04 Å². The molecule has 0 saturated heterocycles. The van der Waals surface area contributed by atoms with E-state index in [0.29, 0.717) is 6.42 Å². The molecule has 1 N–H and O–H groups in total. The summed E-state index contributed by atoms with van der Waals surface area (Å²) in [6, 6.07) is 9.83. The first-order valence-electron chi connectivity index (χ1n) is 5.70. The van der Waals surface area contributed by atoms with Crippen LogP contribution >= 0.6 is 0 Å². The van der Waals surface area contributed by atoms with Crippen molar-refractivity contribution in [3.63, 3.8) is 0 Å². The molecule has 0 spiro atoms. The van der Waals surface area contributed by atoms with E-state index in [2.05, 4.69) is 5.32 Å². The lowest BCUT2D eigenvalue weighted by molar-refractivity contribution is 0.431. The third-order valence-corrected chi connectivity index (χ3v) is 5.62. The number of nitrogens with one attached hydrogen (secondary N) is 1. The molecule has 0 bridgehead atoms. The van der Waals surface area contributed by atoms with Crippen LogP contribution < -0.4 is 5.32 Å². The molecule has 0 aliphatic heterocycles. The molecule has 96 valence electrons. The fourth-order valence-electron chi connectivity index (χ4n) is 1.80. The van der Waals surface area contributed by atoms with Gasteiger partial charge < -0.3 is 5.32 Å². The number of benzene rings is 1. The SMILES string of the molecule is CNC(Cc1ccccc1)C(C)(C)S(C)(=O)=O. The Morgan fingerprint density at radius 2 is 1.76 bits per heavy atom. The van der Waals surface area contributed by atoms with Crippen molar-refractivity contribution in [3.05, 3.63) is 35.9 Å². The van der Waals surface area contributed by atoms with Gasteiger partial charge in [0.05, 0.1) is 4.75 Å². The minimum absolute atomic E-state index is 0.0973. The van der Waals surface area contributed by atoms with Crippen LogP contribution in [-0.2, 0) is 16.3 Å². The highest BCUT2D eigenvalue weighted by Crippen LogP contribution is 2.22. The summed E-state index contributed by atoms with van der Waals surface area (Å²) in [5.74, 6) is 0. The van der Waals surface area contributed by atoms with Gasteiger partial charge in [-0.2, -0.15) is 0 Å². The first-order chi connectivity index (χ1) is 7.79. The molecule has 1 aromatic carbocycles. The van der Waals surface area contributed by atoms with Crippen molar-refractivity contribution in [2.75, 3.05) is 13.3 Å². The molecule has 0 heterocycles. The van der Waals surface area contributed by atoms with Crippen LogP contribution in [0.15, 0.2) is 30.3 Å². The molecule has 0 aliphatic rings. The zero-order valence-corrected chi connectivity index (χ0v) is 11.7. The average molecular weight is 255 g/mol. The van der Waals surface area contributed by atoms with Gasteiger partial charge in [0.25, 0.3) is 0 Å². The second-order valence-corrected chi connectivity index (χ2v) is 7.50. The Bertz CT molecular complexity index is 452. The smallest absolute Gasteiger partial charge is 0.154 e. The van der Waals surface area contributed by atoms with Gasteiger partial charge in [0.2, 0.25) is 0 Å². The molecule has 4 heteroatoms. The van der Waals surface area contributed by atoms with E-state index in [1.807, 2.05) is 30.3 Å². The minimum atomic E-state index is -3.10. The Morgan fingerprint density at radius 1 is 1.24 bits per heavy atom. The summed E-state index contributed by atoms with van der Waals surface area (Å²) < 4.78 is 22.8. The van der Waals surface area contributed by atoms with Crippen LogP contribution in [0.4, 0.5) is 0 Å². The molecule has 1 unspecified atom stereocenters. The Morgan fingerprint density at radius 3 is 2.18 bits per heavy atom. The van der Waals surface area contributed by atoms with E-state index in [4.69, 9.17) is 0 Å². The van der Waals surface area contributed by atoms with Crippen molar-refractivity contribution in [2.24, 2.45) is 0 Å². The van der Waals surface area contributed by atoms with Gasteiger partial charge in [0, 0.05) is 12.3 Å². The van der Waals surface area contributed by atoms with E-state index in [0.717, 1.165) is 5.56 Å². The van der Waals surface area contributed by atoms with E-state index >= 15 is 0 Å². The van der Waals surface area contributed by atoms with E-state index < -0.39 is 14.6 Å². The lowest BCUT2D eigenvalue weighted by atomic mass is 9.96. The first kappa shape index (κ1) is 14.2. The third kappa shape index (κ3) is 3.30. The Hall–Kier alpha value is -0.870. The number of rotatable bonds is 5. The quantitative estimate of drug-likeness (QED) is 0.870. The summed E-state index contributed by atoms with van der Waals surface area (Å²) in [4.78, 5) is 0. The van der Waals surface area contributed by atoms with Crippen LogP contribution in [0, 0.1) is 0 Å². The molecular formula is C13H21NO2S. The van der Waals surface area contributed by atoms with Gasteiger partial charge in [-0.15, -0.1) is 0 Å². The van der Waals surface area contributed by atoms with Crippen LogP contribution in [0.25, 0.3) is 0 Å². The summed E-state index contributed by atoms with van der Waals surface area (Å²) in [7, 11) is -1.29. The molecule has 0 aliphatic carbocycles. The maximum Gasteiger partial charge on any atom is 0.154 e. The fourth-order valence-corrected chi connectivity index (χ4v) is 2.52. The molecule has 0 amide bonds. The Labute approximate surface area is 104 Å². The van der Waals surface area contributed by atoms with Crippen molar-refractivity contribution in [3.8, 4) is 0 Å². The van der Waals surface area contributed by atoms with Crippen molar-refractivity contribution < 1.29 is 8.42 Å². The minimum Gasteiger partial charge on any atom is -0.315 e. The number of likely N-dealkylation sites (N-methyl/N-ethyl adjacent to an activating group) is 1. The van der Waals surface area contributed by atoms with Crippen LogP contribution in [0.5, 0.6) is 0 Å². The highest BCUT2D eigenvalue weighted by molar-refractivity contribution is 7.92. The summed E-state index contributed by atoms with van der Waals surface area (Å²) in [6.45, 7) is 3.54. The number of hydrogen-bond acceptors (Lipinski definition) is 3. The fraction of sp³-hybridized carbons (Fsp3) is 0.538. The zero-order valence-electron chi connectivity index (χ0n) is 10.9. The summed E-state index contributed by atoms with van der Waals surface area (Å²) in [6.07, 6.45) is 2.00. The highest BCUT2D eigenvalue weighted by Gasteiger charge is 2.37. The molecule has 1 atom stereocenters. The molecular weight excluding hydrogens is 234 g/mol. The monoisotopic (exact) mass is 255 g/mol. The summed E-state index contributed by atoms with van der Waals surface area (Å²) in [5.41, 5.74) is 1.14. The molecule has 0 aromatic heterocycles. The van der Waals surface area contributed by atoms with Gasteiger partial charge in [-0.3, -0.25) is 0 Å². The Balaban J connectivity index is 2.94. The Kier molecular flexibility index (Phi) is 4.33. The van der Waals surface area contributed by atoms with Crippen LogP contribution in [0.3, 0.4) is 0 Å². The van der Waals surface area contributed by atoms with Gasteiger partial charge in [-0.25, -0.2) is 8.42 Å². The zero-order chi connectivity index (χ0) is 13.1. The predicted octanol–water partition coefficient (Wildman–Crippen LogP) is 1.64. The van der Waals surface area contributed by atoms with Crippen molar-refractivity contribution in [1.29, 1.82) is 0 Å².